The number of fused-ring (bicyclic) bond motifs is 2. The van der Waals surface area contributed by atoms with Crippen molar-refractivity contribution in [2.24, 2.45) is 16.7 Å². The van der Waals surface area contributed by atoms with Crippen molar-refractivity contribution in [1.82, 2.24) is 4.90 Å². The highest BCUT2D eigenvalue weighted by atomic mass is 16.5. The van der Waals surface area contributed by atoms with Crippen LogP contribution in [0, 0.1) is 16.7 Å². The van der Waals surface area contributed by atoms with Crippen molar-refractivity contribution in [3.05, 3.63) is 0 Å². The zero-order valence-corrected chi connectivity index (χ0v) is 14.8. The first kappa shape index (κ1) is 16.7. The van der Waals surface area contributed by atoms with Gasteiger partial charge in [-0.3, -0.25) is 0 Å². The lowest BCUT2D eigenvalue weighted by Crippen LogP contribution is -2.39. The minimum absolute atomic E-state index is 0.225. The van der Waals surface area contributed by atoms with Crippen LogP contribution < -0.4 is 0 Å². The highest BCUT2D eigenvalue weighted by Gasteiger charge is 2.61. The number of aliphatic hydroxyl groups is 1. The molecular formula is C19H35NO2. The molecule has 3 fully saturated rings. The minimum Gasteiger partial charge on any atom is -0.392 e. The quantitative estimate of drug-likeness (QED) is 0.815. The second-order valence-corrected chi connectivity index (χ2v) is 8.77. The van der Waals surface area contributed by atoms with E-state index in [1.54, 1.807) is 0 Å². The number of hydrogen-bond donors (Lipinski definition) is 1. The number of ether oxygens (including phenoxy) is 1. The Balaban J connectivity index is 1.40. The van der Waals surface area contributed by atoms with Gasteiger partial charge in [-0.25, -0.2) is 0 Å². The molecule has 1 saturated heterocycles. The largest absolute Gasteiger partial charge is 0.392 e. The Morgan fingerprint density at radius 3 is 2.50 bits per heavy atom. The van der Waals surface area contributed by atoms with Gasteiger partial charge in [0.15, 0.2) is 0 Å². The van der Waals surface area contributed by atoms with E-state index in [1.165, 1.54) is 38.5 Å². The third kappa shape index (κ3) is 2.97. The fourth-order valence-corrected chi connectivity index (χ4v) is 5.26. The van der Waals surface area contributed by atoms with Crippen molar-refractivity contribution in [3.8, 4) is 0 Å². The van der Waals surface area contributed by atoms with E-state index in [1.807, 2.05) is 0 Å². The topological polar surface area (TPSA) is 32.7 Å². The van der Waals surface area contributed by atoms with Gasteiger partial charge in [0.1, 0.15) is 0 Å². The zero-order chi connectivity index (χ0) is 15.8. The summed E-state index contributed by atoms with van der Waals surface area (Å²) in [5.74, 6) is 0.834. The summed E-state index contributed by atoms with van der Waals surface area (Å²) in [6, 6.07) is 0. The lowest BCUT2D eigenvalue weighted by atomic mass is 9.70. The Bertz CT molecular complexity index is 378. The molecule has 0 amide bonds. The van der Waals surface area contributed by atoms with Crippen LogP contribution in [0.1, 0.15) is 65.7 Å². The van der Waals surface area contributed by atoms with Crippen molar-refractivity contribution in [2.45, 2.75) is 77.9 Å². The summed E-state index contributed by atoms with van der Waals surface area (Å²) in [6.07, 6.45) is 8.82. The van der Waals surface area contributed by atoms with Gasteiger partial charge in [0.05, 0.1) is 12.2 Å². The summed E-state index contributed by atoms with van der Waals surface area (Å²) in [4.78, 5) is 2.41. The van der Waals surface area contributed by atoms with E-state index in [2.05, 4.69) is 25.7 Å². The molecule has 128 valence electrons. The number of piperidine rings is 1. The van der Waals surface area contributed by atoms with Crippen LogP contribution in [0.4, 0.5) is 0 Å². The summed E-state index contributed by atoms with van der Waals surface area (Å²) < 4.78 is 6.26. The van der Waals surface area contributed by atoms with Crippen molar-refractivity contribution >= 4 is 0 Å². The summed E-state index contributed by atoms with van der Waals surface area (Å²) >= 11 is 0. The van der Waals surface area contributed by atoms with Crippen LogP contribution in [0.5, 0.6) is 0 Å². The Morgan fingerprint density at radius 1 is 1.18 bits per heavy atom. The van der Waals surface area contributed by atoms with Crippen LogP contribution in [0.15, 0.2) is 0 Å². The van der Waals surface area contributed by atoms with Crippen molar-refractivity contribution in [2.75, 3.05) is 26.2 Å². The van der Waals surface area contributed by atoms with Crippen LogP contribution in [-0.4, -0.2) is 48.5 Å². The first-order valence-corrected chi connectivity index (χ1v) is 9.45. The smallest absolute Gasteiger partial charge is 0.0689 e. The number of hydrogen-bond acceptors (Lipinski definition) is 3. The summed E-state index contributed by atoms with van der Waals surface area (Å²) in [7, 11) is 0. The van der Waals surface area contributed by atoms with E-state index < -0.39 is 0 Å². The zero-order valence-electron chi connectivity index (χ0n) is 14.8. The molecule has 0 aromatic rings. The van der Waals surface area contributed by atoms with Crippen LogP contribution in [0.3, 0.4) is 0 Å². The number of likely N-dealkylation sites (tertiary alicyclic amines) is 1. The third-order valence-corrected chi connectivity index (χ3v) is 7.40. The molecule has 2 aliphatic carbocycles. The molecule has 2 bridgehead atoms. The van der Waals surface area contributed by atoms with E-state index in [4.69, 9.17) is 4.74 Å². The van der Waals surface area contributed by atoms with Gasteiger partial charge in [-0.1, -0.05) is 27.2 Å². The predicted octanol–water partition coefficient (Wildman–Crippen LogP) is 3.45. The normalized spacial score (nSPS) is 39.3. The maximum atomic E-state index is 10.3. The SMILES string of the molecule is CC1(C)[C@H]2CC[C@@]1(C)[C@H](OCC[C@@H](O)CN1CCCCC1)C2. The number of β-amino-alcohol motifs (C(OH)–C–C–N with tert-alkyl or cyclic N) is 1. The Hall–Kier alpha value is -0.120. The average molecular weight is 309 g/mol. The first-order chi connectivity index (χ1) is 10.4. The van der Waals surface area contributed by atoms with Crippen LogP contribution in [-0.2, 0) is 4.74 Å². The predicted molar refractivity (Wildman–Crippen MR) is 89.9 cm³/mol. The standard InChI is InChI=1S/C19H35NO2/c1-18(2)15-7-9-19(18,3)17(13-15)22-12-8-16(21)14-20-10-5-4-6-11-20/h15-17,21H,4-14H2,1-3H3/t15-,16+,17+,19-/m0/s1. The maximum absolute atomic E-state index is 10.3. The summed E-state index contributed by atoms with van der Waals surface area (Å²) in [6.45, 7) is 11.2. The van der Waals surface area contributed by atoms with Crippen molar-refractivity contribution < 1.29 is 9.84 Å². The molecule has 3 heteroatoms. The number of aliphatic hydroxyl groups excluding tert-OH is 1. The van der Waals surface area contributed by atoms with E-state index >= 15 is 0 Å². The Morgan fingerprint density at radius 2 is 1.91 bits per heavy atom. The molecule has 0 spiro atoms. The lowest BCUT2D eigenvalue weighted by Gasteiger charge is -2.39. The molecule has 0 unspecified atom stereocenters. The van der Waals surface area contributed by atoms with Crippen LogP contribution in [0.2, 0.25) is 0 Å². The second-order valence-electron chi connectivity index (χ2n) is 8.77. The highest BCUT2D eigenvalue weighted by molar-refractivity contribution is 5.11. The third-order valence-electron chi connectivity index (χ3n) is 7.40. The average Bonchev–Trinajstić information content (AvgIpc) is 2.81. The molecule has 0 aromatic carbocycles. The molecule has 0 aromatic heterocycles. The second kappa shape index (κ2) is 6.41. The van der Waals surface area contributed by atoms with Gasteiger partial charge in [-0.2, -0.15) is 0 Å². The van der Waals surface area contributed by atoms with Gasteiger partial charge in [0.25, 0.3) is 0 Å². The fraction of sp³-hybridized carbons (Fsp3) is 1.00. The maximum Gasteiger partial charge on any atom is 0.0689 e. The van der Waals surface area contributed by atoms with Crippen LogP contribution >= 0.6 is 0 Å². The number of rotatable bonds is 6. The minimum atomic E-state index is -0.225. The molecule has 1 N–H and O–H groups in total. The van der Waals surface area contributed by atoms with Gasteiger partial charge >= 0.3 is 0 Å². The van der Waals surface area contributed by atoms with Crippen LogP contribution in [0.25, 0.3) is 0 Å². The molecule has 0 radical (unpaired) electrons. The van der Waals surface area contributed by atoms with Gasteiger partial charge in [-0.05, 0) is 68.4 Å². The Labute approximate surface area is 136 Å². The van der Waals surface area contributed by atoms with Gasteiger partial charge in [0, 0.05) is 13.2 Å². The van der Waals surface area contributed by atoms with E-state index in [9.17, 15) is 5.11 Å². The Kier molecular flexibility index (Phi) is 4.87. The van der Waals surface area contributed by atoms with Gasteiger partial charge < -0.3 is 14.7 Å². The van der Waals surface area contributed by atoms with E-state index in [0.717, 1.165) is 38.6 Å². The van der Waals surface area contributed by atoms with Crippen molar-refractivity contribution in [3.63, 3.8) is 0 Å². The lowest BCUT2D eigenvalue weighted by molar-refractivity contribution is -0.0566. The van der Waals surface area contributed by atoms with E-state index in [-0.39, 0.29) is 6.10 Å². The molecule has 3 nitrogen and oxygen atoms in total. The molecule has 22 heavy (non-hydrogen) atoms. The van der Waals surface area contributed by atoms with Gasteiger partial charge in [0.2, 0.25) is 0 Å². The molecule has 1 aliphatic heterocycles. The van der Waals surface area contributed by atoms with E-state index in [0.29, 0.717) is 16.9 Å². The molecule has 2 saturated carbocycles. The molecule has 3 rings (SSSR count). The molecular weight excluding hydrogens is 274 g/mol. The highest BCUT2D eigenvalue weighted by Crippen LogP contribution is 2.66. The summed E-state index contributed by atoms with van der Waals surface area (Å²) in [5, 5.41) is 10.3. The molecule has 3 aliphatic rings. The van der Waals surface area contributed by atoms with Crippen molar-refractivity contribution in [1.29, 1.82) is 0 Å². The monoisotopic (exact) mass is 309 g/mol. The van der Waals surface area contributed by atoms with Gasteiger partial charge in [-0.15, -0.1) is 0 Å². The summed E-state index contributed by atoms with van der Waals surface area (Å²) in [5.41, 5.74) is 0.763. The number of nitrogens with zero attached hydrogens (tertiary/aromatic N) is 1. The molecule has 4 atom stereocenters. The fourth-order valence-electron chi connectivity index (χ4n) is 5.26. The first-order valence-electron chi connectivity index (χ1n) is 9.45. The molecule has 1 heterocycles.